The van der Waals surface area contributed by atoms with Gasteiger partial charge in [-0.3, -0.25) is 4.79 Å². The van der Waals surface area contributed by atoms with Crippen molar-refractivity contribution in [1.82, 2.24) is 5.32 Å². The third-order valence-corrected chi connectivity index (χ3v) is 8.74. The highest BCUT2D eigenvalue weighted by Gasteiger charge is 2.37. The maximum absolute atomic E-state index is 13.8. The fourth-order valence-corrected chi connectivity index (χ4v) is 6.69. The van der Waals surface area contributed by atoms with Crippen LogP contribution < -0.4 is 34.0 Å². The van der Waals surface area contributed by atoms with Crippen LogP contribution in [0.1, 0.15) is 86.0 Å². The number of halogens is 1. The fourth-order valence-electron chi connectivity index (χ4n) is 6.69. The number of quaternary nitrogens is 1. The lowest BCUT2D eigenvalue weighted by molar-refractivity contribution is -0.917. The number of hydrogen-bond acceptors (Lipinski definition) is 2. The number of nitrogens with one attached hydrogen (secondary N) is 1. The Morgan fingerprint density at radius 1 is 0.861 bits per heavy atom. The van der Waals surface area contributed by atoms with Gasteiger partial charge in [-0.05, 0) is 38.8 Å². The zero-order chi connectivity index (χ0) is 24.4. The van der Waals surface area contributed by atoms with Gasteiger partial charge in [-0.25, -0.2) is 0 Å². The van der Waals surface area contributed by atoms with Gasteiger partial charge >= 0.3 is 0 Å². The van der Waals surface area contributed by atoms with Crippen LogP contribution in [0.2, 0.25) is 0 Å². The fraction of sp³-hybridized carbons (Fsp3) is 0.581. The zero-order valence-electron chi connectivity index (χ0n) is 22.3. The molecule has 0 unspecified atom stereocenters. The first kappa shape index (κ1) is 27.4. The van der Waals surface area contributed by atoms with Crippen molar-refractivity contribution >= 4 is 5.91 Å². The van der Waals surface area contributed by atoms with Crippen LogP contribution in [-0.2, 0) is 4.79 Å². The summed E-state index contributed by atoms with van der Waals surface area (Å²) in [6.45, 7) is 7.81. The molecule has 3 aliphatic rings. The lowest BCUT2D eigenvalue weighted by Gasteiger charge is -2.43. The molecule has 2 heterocycles. The third-order valence-electron chi connectivity index (χ3n) is 8.74. The Hall–Kier alpha value is -1.60. The van der Waals surface area contributed by atoms with Gasteiger partial charge in [0.2, 0.25) is 5.91 Å². The molecule has 36 heavy (non-hydrogen) atoms. The van der Waals surface area contributed by atoms with Gasteiger partial charge < -0.3 is 38.5 Å². The molecule has 0 atom stereocenters. The molecule has 1 saturated carbocycles. The Morgan fingerprint density at radius 2 is 1.39 bits per heavy atom. The molecule has 5 rings (SSSR count). The van der Waals surface area contributed by atoms with E-state index in [9.17, 15) is 4.79 Å². The van der Waals surface area contributed by atoms with Crippen LogP contribution in [-0.4, -0.2) is 43.1 Å². The number of ether oxygens (including phenoxy) is 1. The standard InChI is InChI=1S/C31H42N2O2.HI/c1-22-11-13-28-26(19-22)30(27-20-23(2)12-14-29(27)35-28)31(34)32-25-15-17-33(3,18-16-25)21-24-9-7-5-4-6-8-10-24;/h11-14,19-20,24-25,30H,4-10,15-18,21H2,1-3H3;1H. The topological polar surface area (TPSA) is 38.3 Å². The molecule has 5 heteroatoms. The number of benzene rings is 2. The zero-order valence-corrected chi connectivity index (χ0v) is 24.5. The third kappa shape index (κ3) is 6.27. The van der Waals surface area contributed by atoms with E-state index in [1.807, 2.05) is 12.1 Å². The summed E-state index contributed by atoms with van der Waals surface area (Å²) >= 11 is 0. The smallest absolute Gasteiger partial charge is 0.232 e. The molecule has 196 valence electrons. The van der Waals surface area contributed by atoms with E-state index < -0.39 is 0 Å². The highest BCUT2D eigenvalue weighted by atomic mass is 127. The number of rotatable bonds is 4. The summed E-state index contributed by atoms with van der Waals surface area (Å²) in [5.74, 6) is 2.30. The van der Waals surface area contributed by atoms with Crippen LogP contribution in [0.4, 0.5) is 0 Å². The molecular formula is C31H43IN2O2. The molecule has 0 aromatic heterocycles. The molecule has 1 aliphatic carbocycles. The van der Waals surface area contributed by atoms with Crippen molar-refractivity contribution in [2.45, 2.75) is 83.6 Å². The number of carbonyl (C=O) groups is 1. The first-order valence-electron chi connectivity index (χ1n) is 13.9. The van der Waals surface area contributed by atoms with E-state index in [1.165, 1.54) is 69.1 Å². The number of carbonyl (C=O) groups excluding carboxylic acids is 1. The number of aryl methyl sites for hydroxylation is 2. The summed E-state index contributed by atoms with van der Waals surface area (Å²) in [6.07, 6.45) is 12.1. The number of amides is 1. The maximum Gasteiger partial charge on any atom is 0.232 e. The van der Waals surface area contributed by atoms with E-state index >= 15 is 0 Å². The Labute approximate surface area is 234 Å². The predicted octanol–water partition coefficient (Wildman–Crippen LogP) is 3.63. The van der Waals surface area contributed by atoms with E-state index in [0.717, 1.165) is 52.5 Å². The van der Waals surface area contributed by atoms with Gasteiger partial charge in [0.05, 0.1) is 32.6 Å². The van der Waals surface area contributed by atoms with E-state index in [-0.39, 0.29) is 41.8 Å². The molecule has 2 fully saturated rings. The van der Waals surface area contributed by atoms with Crippen molar-refractivity contribution < 1.29 is 38.0 Å². The van der Waals surface area contributed by atoms with Gasteiger partial charge in [-0.15, -0.1) is 0 Å². The Bertz CT molecular complexity index is 1000. The lowest BCUT2D eigenvalue weighted by Crippen LogP contribution is -3.00. The minimum atomic E-state index is -0.314. The predicted molar refractivity (Wildman–Crippen MR) is 142 cm³/mol. The highest BCUT2D eigenvalue weighted by Crippen LogP contribution is 2.45. The van der Waals surface area contributed by atoms with E-state index in [1.54, 1.807) is 0 Å². The second kappa shape index (κ2) is 11.8. The summed E-state index contributed by atoms with van der Waals surface area (Å²) in [7, 11) is 2.45. The van der Waals surface area contributed by atoms with Gasteiger partial charge in [-0.2, -0.15) is 0 Å². The Morgan fingerprint density at radius 3 is 1.94 bits per heavy atom. The molecule has 1 N–H and O–H groups in total. The number of likely N-dealkylation sites (tertiary alicyclic amines) is 1. The Balaban J connectivity index is 0.00000304. The monoisotopic (exact) mass is 602 g/mol. The summed E-state index contributed by atoms with van der Waals surface area (Å²) in [5, 5.41) is 3.46. The van der Waals surface area contributed by atoms with Crippen LogP contribution in [0, 0.1) is 19.8 Å². The van der Waals surface area contributed by atoms with Crippen LogP contribution in [0.25, 0.3) is 0 Å². The molecule has 2 aliphatic heterocycles. The number of fused-ring (bicyclic) bond motifs is 2. The molecule has 0 spiro atoms. The summed E-state index contributed by atoms with van der Waals surface area (Å²) in [5.41, 5.74) is 4.28. The molecule has 0 radical (unpaired) electrons. The Kier molecular flexibility index (Phi) is 9.03. The van der Waals surface area contributed by atoms with Gasteiger partial charge in [0.15, 0.2) is 0 Å². The second-order valence-electron chi connectivity index (χ2n) is 11.9. The SMILES string of the molecule is Cc1ccc2c(c1)C(C(=O)NC1CC[N+](C)(CC3CCCCCCC3)CC1)c1cc(C)ccc1O2.[I-]. The molecule has 2 aromatic rings. The van der Waals surface area contributed by atoms with E-state index in [0.29, 0.717) is 0 Å². The van der Waals surface area contributed by atoms with Crippen molar-refractivity contribution in [3.8, 4) is 11.5 Å². The highest BCUT2D eigenvalue weighted by molar-refractivity contribution is 5.90. The van der Waals surface area contributed by atoms with Crippen molar-refractivity contribution in [1.29, 1.82) is 0 Å². The van der Waals surface area contributed by atoms with Gasteiger partial charge in [0.1, 0.15) is 11.5 Å². The van der Waals surface area contributed by atoms with E-state index in [2.05, 4.69) is 50.5 Å². The minimum Gasteiger partial charge on any atom is -1.00 e. The minimum absolute atomic E-state index is 0. The summed E-state index contributed by atoms with van der Waals surface area (Å²) < 4.78 is 7.37. The van der Waals surface area contributed by atoms with Crippen molar-refractivity contribution in [3.63, 3.8) is 0 Å². The molecular weight excluding hydrogens is 559 g/mol. The normalized spacial score (nSPS) is 24.8. The largest absolute Gasteiger partial charge is 1.00 e. The van der Waals surface area contributed by atoms with Gasteiger partial charge in [0, 0.05) is 35.9 Å². The number of piperidine rings is 1. The second-order valence-corrected chi connectivity index (χ2v) is 11.9. The first-order chi connectivity index (χ1) is 16.9. The average Bonchev–Trinajstić information content (AvgIpc) is 2.81. The molecule has 0 bridgehead atoms. The molecule has 1 saturated heterocycles. The lowest BCUT2D eigenvalue weighted by atomic mass is 9.85. The molecule has 4 nitrogen and oxygen atoms in total. The summed E-state index contributed by atoms with van der Waals surface area (Å²) in [4.78, 5) is 13.8. The van der Waals surface area contributed by atoms with Crippen molar-refractivity contribution in [3.05, 3.63) is 58.7 Å². The van der Waals surface area contributed by atoms with Crippen molar-refractivity contribution in [2.75, 3.05) is 26.7 Å². The number of hydrogen-bond donors (Lipinski definition) is 1. The first-order valence-corrected chi connectivity index (χ1v) is 13.9. The van der Waals surface area contributed by atoms with Gasteiger partial charge in [0.25, 0.3) is 0 Å². The van der Waals surface area contributed by atoms with Crippen LogP contribution in [0.5, 0.6) is 11.5 Å². The number of nitrogens with zero attached hydrogens (tertiary/aromatic N) is 1. The summed E-state index contributed by atoms with van der Waals surface area (Å²) in [6, 6.07) is 12.6. The average molecular weight is 603 g/mol. The van der Waals surface area contributed by atoms with E-state index in [4.69, 9.17) is 4.74 Å². The van der Waals surface area contributed by atoms with Crippen LogP contribution in [0.15, 0.2) is 36.4 Å². The van der Waals surface area contributed by atoms with Gasteiger partial charge in [-0.1, -0.05) is 67.5 Å². The molecule has 1 amide bonds. The molecule has 2 aromatic carbocycles. The maximum atomic E-state index is 13.8. The van der Waals surface area contributed by atoms with Crippen molar-refractivity contribution in [2.24, 2.45) is 5.92 Å². The quantitative estimate of drug-likeness (QED) is 0.429. The van der Waals surface area contributed by atoms with Crippen LogP contribution in [0.3, 0.4) is 0 Å². The van der Waals surface area contributed by atoms with Crippen LogP contribution >= 0.6 is 0 Å².